The predicted octanol–water partition coefficient (Wildman–Crippen LogP) is 3.82. The molecule has 1 aliphatic heterocycles. The first-order chi connectivity index (χ1) is 10.8. The van der Waals surface area contributed by atoms with Gasteiger partial charge in [-0.1, -0.05) is 36.4 Å². The molecule has 0 spiro atoms. The molecule has 3 aromatic rings. The predicted molar refractivity (Wildman–Crippen MR) is 84.5 cm³/mol. The molecule has 4 heteroatoms. The quantitative estimate of drug-likeness (QED) is 0.780. The van der Waals surface area contributed by atoms with E-state index in [4.69, 9.17) is 9.47 Å². The van der Waals surface area contributed by atoms with E-state index in [9.17, 15) is 4.79 Å². The summed E-state index contributed by atoms with van der Waals surface area (Å²) in [5.74, 6) is 1.10. The maximum atomic E-state index is 12.5. The van der Waals surface area contributed by atoms with Crippen LogP contribution in [0.25, 0.3) is 10.8 Å². The Kier molecular flexibility index (Phi) is 2.93. The molecule has 0 saturated heterocycles. The maximum Gasteiger partial charge on any atom is 0.255 e. The Morgan fingerprint density at radius 3 is 2.68 bits per heavy atom. The SMILES string of the molecule is O=C(Nc1cccc2ccccc12)c1ccc2c(c1)OCO2. The molecule has 0 radical (unpaired) electrons. The van der Waals surface area contributed by atoms with E-state index in [0.717, 1.165) is 16.5 Å². The summed E-state index contributed by atoms with van der Waals surface area (Å²) in [6, 6.07) is 19.0. The summed E-state index contributed by atoms with van der Waals surface area (Å²) < 4.78 is 10.6. The molecule has 1 N–H and O–H groups in total. The highest BCUT2D eigenvalue weighted by atomic mass is 16.7. The van der Waals surface area contributed by atoms with Crippen LogP contribution in [0.2, 0.25) is 0 Å². The summed E-state index contributed by atoms with van der Waals surface area (Å²) in [4.78, 5) is 12.5. The van der Waals surface area contributed by atoms with E-state index in [2.05, 4.69) is 5.32 Å². The van der Waals surface area contributed by atoms with E-state index in [1.807, 2.05) is 42.5 Å². The number of amides is 1. The van der Waals surface area contributed by atoms with E-state index in [1.165, 1.54) is 0 Å². The molecular weight excluding hydrogens is 278 g/mol. The van der Waals surface area contributed by atoms with Gasteiger partial charge in [-0.15, -0.1) is 0 Å². The van der Waals surface area contributed by atoms with Gasteiger partial charge in [0.1, 0.15) is 0 Å². The summed E-state index contributed by atoms with van der Waals surface area (Å²) >= 11 is 0. The van der Waals surface area contributed by atoms with Gasteiger partial charge in [-0.2, -0.15) is 0 Å². The minimum Gasteiger partial charge on any atom is -0.454 e. The second-order valence-electron chi connectivity index (χ2n) is 5.05. The highest BCUT2D eigenvalue weighted by Crippen LogP contribution is 2.33. The Balaban J connectivity index is 1.66. The summed E-state index contributed by atoms with van der Waals surface area (Å²) in [5.41, 5.74) is 1.33. The first-order valence-electron chi connectivity index (χ1n) is 7.00. The molecule has 4 nitrogen and oxygen atoms in total. The summed E-state index contributed by atoms with van der Waals surface area (Å²) in [6.07, 6.45) is 0. The summed E-state index contributed by atoms with van der Waals surface area (Å²) in [6.45, 7) is 0.198. The molecule has 0 fully saturated rings. The highest BCUT2D eigenvalue weighted by Gasteiger charge is 2.16. The number of anilines is 1. The standard InChI is InChI=1S/C18H13NO3/c20-18(13-8-9-16-17(10-13)22-11-21-16)19-15-7-3-5-12-4-1-2-6-14(12)15/h1-10H,11H2,(H,19,20). The number of hydrogen-bond donors (Lipinski definition) is 1. The lowest BCUT2D eigenvalue weighted by atomic mass is 10.1. The first kappa shape index (κ1) is 12.7. The first-order valence-corrected chi connectivity index (χ1v) is 7.00. The van der Waals surface area contributed by atoms with Crippen molar-refractivity contribution in [3.05, 3.63) is 66.2 Å². The highest BCUT2D eigenvalue weighted by molar-refractivity contribution is 6.09. The van der Waals surface area contributed by atoms with Crippen LogP contribution in [0.3, 0.4) is 0 Å². The lowest BCUT2D eigenvalue weighted by molar-refractivity contribution is 0.102. The third-order valence-corrected chi connectivity index (χ3v) is 3.67. The van der Waals surface area contributed by atoms with Crippen molar-refractivity contribution < 1.29 is 14.3 Å². The van der Waals surface area contributed by atoms with Crippen molar-refractivity contribution in [3.63, 3.8) is 0 Å². The van der Waals surface area contributed by atoms with E-state index in [-0.39, 0.29) is 12.7 Å². The second-order valence-corrected chi connectivity index (χ2v) is 5.05. The number of benzene rings is 3. The molecule has 108 valence electrons. The van der Waals surface area contributed by atoms with Crippen LogP contribution in [-0.4, -0.2) is 12.7 Å². The van der Waals surface area contributed by atoms with Gasteiger partial charge < -0.3 is 14.8 Å². The van der Waals surface area contributed by atoms with Crippen molar-refractivity contribution in [2.24, 2.45) is 0 Å². The third-order valence-electron chi connectivity index (χ3n) is 3.67. The minimum absolute atomic E-state index is 0.172. The lowest BCUT2D eigenvalue weighted by Gasteiger charge is -2.09. The molecule has 1 amide bonds. The zero-order valence-electron chi connectivity index (χ0n) is 11.7. The largest absolute Gasteiger partial charge is 0.454 e. The molecule has 0 saturated carbocycles. The average Bonchev–Trinajstić information content (AvgIpc) is 3.02. The molecular formula is C18H13NO3. The van der Waals surface area contributed by atoms with Gasteiger partial charge in [0, 0.05) is 16.6 Å². The number of fused-ring (bicyclic) bond motifs is 2. The van der Waals surface area contributed by atoms with Crippen molar-refractivity contribution in [2.45, 2.75) is 0 Å². The fourth-order valence-corrected chi connectivity index (χ4v) is 2.57. The van der Waals surface area contributed by atoms with Crippen molar-refractivity contribution >= 4 is 22.4 Å². The zero-order valence-corrected chi connectivity index (χ0v) is 11.7. The Bertz CT molecular complexity index is 868. The van der Waals surface area contributed by atoms with Crippen LogP contribution in [0, 0.1) is 0 Å². The molecule has 4 rings (SSSR count). The Hall–Kier alpha value is -3.01. The lowest BCUT2D eigenvalue weighted by Crippen LogP contribution is -2.12. The average molecular weight is 291 g/mol. The monoisotopic (exact) mass is 291 g/mol. The van der Waals surface area contributed by atoms with Crippen LogP contribution < -0.4 is 14.8 Å². The van der Waals surface area contributed by atoms with Gasteiger partial charge in [0.2, 0.25) is 6.79 Å². The Morgan fingerprint density at radius 1 is 0.909 bits per heavy atom. The topological polar surface area (TPSA) is 47.6 Å². The van der Waals surface area contributed by atoms with E-state index < -0.39 is 0 Å². The minimum atomic E-state index is -0.172. The van der Waals surface area contributed by atoms with Gasteiger partial charge >= 0.3 is 0 Å². The molecule has 1 heterocycles. The zero-order chi connectivity index (χ0) is 14.9. The van der Waals surface area contributed by atoms with Crippen LogP contribution in [0.15, 0.2) is 60.7 Å². The number of nitrogens with one attached hydrogen (secondary N) is 1. The molecule has 3 aromatic carbocycles. The van der Waals surface area contributed by atoms with E-state index in [1.54, 1.807) is 18.2 Å². The van der Waals surface area contributed by atoms with Crippen molar-refractivity contribution in [1.29, 1.82) is 0 Å². The number of carbonyl (C=O) groups excluding carboxylic acids is 1. The fourth-order valence-electron chi connectivity index (χ4n) is 2.57. The Morgan fingerprint density at radius 2 is 1.73 bits per heavy atom. The van der Waals surface area contributed by atoms with Crippen LogP contribution in [0.5, 0.6) is 11.5 Å². The number of carbonyl (C=O) groups is 1. The van der Waals surface area contributed by atoms with Crippen LogP contribution in [-0.2, 0) is 0 Å². The van der Waals surface area contributed by atoms with Crippen molar-refractivity contribution in [2.75, 3.05) is 12.1 Å². The number of rotatable bonds is 2. The summed E-state index contributed by atoms with van der Waals surface area (Å²) in [5, 5.41) is 5.06. The second kappa shape index (κ2) is 5.07. The van der Waals surface area contributed by atoms with Gasteiger partial charge in [0.25, 0.3) is 5.91 Å². The molecule has 22 heavy (non-hydrogen) atoms. The van der Waals surface area contributed by atoms with Gasteiger partial charge in [-0.05, 0) is 29.7 Å². The van der Waals surface area contributed by atoms with Gasteiger partial charge in [-0.3, -0.25) is 4.79 Å². The van der Waals surface area contributed by atoms with Gasteiger partial charge in [0.05, 0.1) is 0 Å². The number of hydrogen-bond acceptors (Lipinski definition) is 3. The normalized spacial score (nSPS) is 12.4. The van der Waals surface area contributed by atoms with Crippen molar-refractivity contribution in [3.8, 4) is 11.5 Å². The van der Waals surface area contributed by atoms with E-state index >= 15 is 0 Å². The maximum absolute atomic E-state index is 12.5. The number of ether oxygens (including phenoxy) is 2. The van der Waals surface area contributed by atoms with Gasteiger partial charge in [-0.25, -0.2) is 0 Å². The van der Waals surface area contributed by atoms with Gasteiger partial charge in [0.15, 0.2) is 11.5 Å². The van der Waals surface area contributed by atoms with Crippen LogP contribution in [0.1, 0.15) is 10.4 Å². The molecule has 1 aliphatic rings. The molecule has 0 atom stereocenters. The van der Waals surface area contributed by atoms with Crippen LogP contribution in [0.4, 0.5) is 5.69 Å². The smallest absolute Gasteiger partial charge is 0.255 e. The molecule has 0 unspecified atom stereocenters. The molecule has 0 bridgehead atoms. The Labute approximate surface area is 127 Å². The summed E-state index contributed by atoms with van der Waals surface area (Å²) in [7, 11) is 0. The fraction of sp³-hybridized carbons (Fsp3) is 0.0556. The van der Waals surface area contributed by atoms with Crippen LogP contribution >= 0.6 is 0 Å². The molecule has 0 aromatic heterocycles. The van der Waals surface area contributed by atoms with Crippen molar-refractivity contribution in [1.82, 2.24) is 0 Å². The van der Waals surface area contributed by atoms with E-state index in [0.29, 0.717) is 17.1 Å². The molecule has 0 aliphatic carbocycles. The third kappa shape index (κ3) is 2.15.